The summed E-state index contributed by atoms with van der Waals surface area (Å²) in [6.07, 6.45) is 6.87. The van der Waals surface area contributed by atoms with Crippen LogP contribution in [0.5, 0.6) is 0 Å². The summed E-state index contributed by atoms with van der Waals surface area (Å²) in [4.78, 5) is 8.52. The molecule has 0 radical (unpaired) electrons. The molecule has 0 aromatic carbocycles. The summed E-state index contributed by atoms with van der Waals surface area (Å²) < 4.78 is 0. The SMILES string of the molecule is CNc1nccc(NC2CCCC(C)(C)C2)n1. The van der Waals surface area contributed by atoms with Crippen molar-refractivity contribution in [1.82, 2.24) is 9.97 Å². The lowest BCUT2D eigenvalue weighted by Gasteiger charge is -2.35. The van der Waals surface area contributed by atoms with Crippen LogP contribution in [0.1, 0.15) is 39.5 Å². The maximum Gasteiger partial charge on any atom is 0.224 e. The second-order valence-corrected chi connectivity index (χ2v) is 5.62. The highest BCUT2D eigenvalue weighted by molar-refractivity contribution is 5.40. The van der Waals surface area contributed by atoms with Crippen LogP contribution >= 0.6 is 0 Å². The van der Waals surface area contributed by atoms with Crippen molar-refractivity contribution in [3.05, 3.63) is 12.3 Å². The van der Waals surface area contributed by atoms with Gasteiger partial charge < -0.3 is 10.6 Å². The normalized spacial score (nSPS) is 23.1. The smallest absolute Gasteiger partial charge is 0.224 e. The Kier molecular flexibility index (Phi) is 3.50. The third-order valence-corrected chi connectivity index (χ3v) is 3.44. The fourth-order valence-corrected chi connectivity index (χ4v) is 2.59. The number of nitrogens with zero attached hydrogens (tertiary/aromatic N) is 2. The molecule has 0 amide bonds. The first-order chi connectivity index (χ1) is 8.09. The van der Waals surface area contributed by atoms with E-state index in [-0.39, 0.29) is 0 Å². The Morgan fingerprint density at radius 3 is 2.94 bits per heavy atom. The van der Waals surface area contributed by atoms with Crippen LogP contribution in [0.3, 0.4) is 0 Å². The van der Waals surface area contributed by atoms with Crippen LogP contribution in [0, 0.1) is 5.41 Å². The van der Waals surface area contributed by atoms with Crippen molar-refractivity contribution >= 4 is 11.8 Å². The summed E-state index contributed by atoms with van der Waals surface area (Å²) in [5.41, 5.74) is 0.453. The van der Waals surface area contributed by atoms with Crippen LogP contribution in [0.4, 0.5) is 11.8 Å². The average Bonchev–Trinajstić information content (AvgIpc) is 2.28. The lowest BCUT2D eigenvalue weighted by Crippen LogP contribution is -2.32. The Balaban J connectivity index is 2.00. The summed E-state index contributed by atoms with van der Waals surface area (Å²) in [7, 11) is 1.84. The Morgan fingerprint density at radius 2 is 2.24 bits per heavy atom. The van der Waals surface area contributed by atoms with Crippen LogP contribution in [0.2, 0.25) is 0 Å². The molecule has 2 rings (SSSR count). The minimum Gasteiger partial charge on any atom is -0.367 e. The third kappa shape index (κ3) is 3.32. The van der Waals surface area contributed by atoms with Gasteiger partial charge in [-0.25, -0.2) is 4.98 Å². The highest BCUT2D eigenvalue weighted by Crippen LogP contribution is 2.36. The fourth-order valence-electron chi connectivity index (χ4n) is 2.59. The Bertz CT molecular complexity index is 375. The van der Waals surface area contributed by atoms with Gasteiger partial charge in [-0.3, -0.25) is 0 Å². The quantitative estimate of drug-likeness (QED) is 0.844. The second-order valence-electron chi connectivity index (χ2n) is 5.62. The van der Waals surface area contributed by atoms with Gasteiger partial charge >= 0.3 is 0 Å². The number of hydrogen-bond acceptors (Lipinski definition) is 4. The van der Waals surface area contributed by atoms with Gasteiger partial charge in [-0.1, -0.05) is 20.3 Å². The minimum absolute atomic E-state index is 0.453. The molecule has 4 heteroatoms. The van der Waals surface area contributed by atoms with Crippen molar-refractivity contribution < 1.29 is 0 Å². The van der Waals surface area contributed by atoms with Crippen LogP contribution < -0.4 is 10.6 Å². The molecule has 1 fully saturated rings. The highest BCUT2D eigenvalue weighted by Gasteiger charge is 2.27. The molecule has 0 aliphatic heterocycles. The summed E-state index contributed by atoms with van der Waals surface area (Å²) in [5, 5.41) is 6.48. The molecule has 17 heavy (non-hydrogen) atoms. The van der Waals surface area contributed by atoms with E-state index in [0.29, 0.717) is 17.4 Å². The predicted octanol–water partition coefficient (Wildman–Crippen LogP) is 2.90. The molecule has 94 valence electrons. The van der Waals surface area contributed by atoms with Crippen LogP contribution in [-0.2, 0) is 0 Å². The molecule has 1 saturated carbocycles. The molecule has 1 aliphatic carbocycles. The molecule has 1 unspecified atom stereocenters. The van der Waals surface area contributed by atoms with E-state index < -0.39 is 0 Å². The Labute approximate surface area is 103 Å². The van der Waals surface area contributed by atoms with Gasteiger partial charge in [0.2, 0.25) is 5.95 Å². The topological polar surface area (TPSA) is 49.8 Å². The van der Waals surface area contributed by atoms with Crippen molar-refractivity contribution in [2.75, 3.05) is 17.7 Å². The maximum atomic E-state index is 4.40. The van der Waals surface area contributed by atoms with Gasteiger partial charge in [0.25, 0.3) is 0 Å². The van der Waals surface area contributed by atoms with Gasteiger partial charge in [0, 0.05) is 19.3 Å². The predicted molar refractivity (Wildman–Crippen MR) is 71.2 cm³/mol. The maximum absolute atomic E-state index is 4.40. The van der Waals surface area contributed by atoms with Crippen LogP contribution in [0.15, 0.2) is 12.3 Å². The molecule has 1 aromatic heterocycles. The van der Waals surface area contributed by atoms with E-state index in [1.54, 1.807) is 6.20 Å². The molecule has 4 nitrogen and oxygen atoms in total. The number of anilines is 2. The Morgan fingerprint density at radius 1 is 1.41 bits per heavy atom. The number of nitrogens with one attached hydrogen (secondary N) is 2. The van der Waals surface area contributed by atoms with Crippen molar-refractivity contribution in [2.24, 2.45) is 5.41 Å². The van der Waals surface area contributed by atoms with Crippen molar-refractivity contribution in [1.29, 1.82) is 0 Å². The first-order valence-corrected chi connectivity index (χ1v) is 6.36. The van der Waals surface area contributed by atoms with E-state index in [9.17, 15) is 0 Å². The van der Waals surface area contributed by atoms with Crippen LogP contribution in [-0.4, -0.2) is 23.1 Å². The molecule has 0 bridgehead atoms. The molecule has 0 spiro atoms. The van der Waals surface area contributed by atoms with Crippen LogP contribution in [0.25, 0.3) is 0 Å². The van der Waals surface area contributed by atoms with Gasteiger partial charge in [-0.05, 0) is 30.7 Å². The summed E-state index contributed by atoms with van der Waals surface area (Å²) in [5.74, 6) is 1.59. The second kappa shape index (κ2) is 4.90. The standard InChI is InChI=1S/C13H22N4/c1-13(2)7-4-5-10(9-13)16-11-6-8-15-12(14-3)17-11/h6,8,10H,4-5,7,9H2,1-3H3,(H2,14,15,16,17). The van der Waals surface area contributed by atoms with Gasteiger partial charge in [0.15, 0.2) is 0 Å². The molecular formula is C13H22N4. The van der Waals surface area contributed by atoms with Gasteiger partial charge in [0.1, 0.15) is 5.82 Å². The van der Waals surface area contributed by atoms with E-state index in [2.05, 4.69) is 34.4 Å². The lowest BCUT2D eigenvalue weighted by molar-refractivity contribution is 0.229. The first kappa shape index (κ1) is 12.1. The largest absolute Gasteiger partial charge is 0.367 e. The summed E-state index contributed by atoms with van der Waals surface area (Å²) in [6.45, 7) is 4.69. The van der Waals surface area contributed by atoms with E-state index >= 15 is 0 Å². The zero-order valence-electron chi connectivity index (χ0n) is 11.0. The number of hydrogen-bond donors (Lipinski definition) is 2. The monoisotopic (exact) mass is 234 g/mol. The molecule has 1 atom stereocenters. The molecule has 1 heterocycles. The van der Waals surface area contributed by atoms with E-state index in [1.165, 1.54) is 25.7 Å². The van der Waals surface area contributed by atoms with Gasteiger partial charge in [-0.2, -0.15) is 4.98 Å². The minimum atomic E-state index is 0.453. The van der Waals surface area contributed by atoms with Gasteiger partial charge in [-0.15, -0.1) is 0 Å². The first-order valence-electron chi connectivity index (χ1n) is 6.36. The molecule has 1 aliphatic rings. The van der Waals surface area contributed by atoms with Crippen molar-refractivity contribution in [2.45, 2.75) is 45.6 Å². The van der Waals surface area contributed by atoms with E-state index in [1.807, 2.05) is 13.1 Å². The summed E-state index contributed by atoms with van der Waals surface area (Å²) in [6, 6.07) is 2.47. The van der Waals surface area contributed by atoms with Gasteiger partial charge in [0.05, 0.1) is 0 Å². The number of rotatable bonds is 3. The summed E-state index contributed by atoms with van der Waals surface area (Å²) >= 11 is 0. The van der Waals surface area contributed by atoms with E-state index in [0.717, 1.165) is 5.82 Å². The lowest BCUT2D eigenvalue weighted by atomic mass is 9.75. The fraction of sp³-hybridized carbons (Fsp3) is 0.692. The van der Waals surface area contributed by atoms with Crippen molar-refractivity contribution in [3.8, 4) is 0 Å². The zero-order chi connectivity index (χ0) is 12.3. The zero-order valence-corrected chi connectivity index (χ0v) is 11.0. The average molecular weight is 234 g/mol. The number of aromatic nitrogens is 2. The molecule has 2 N–H and O–H groups in total. The Hall–Kier alpha value is -1.32. The third-order valence-electron chi connectivity index (χ3n) is 3.44. The molecular weight excluding hydrogens is 212 g/mol. The van der Waals surface area contributed by atoms with E-state index in [4.69, 9.17) is 0 Å². The molecule has 1 aromatic rings. The molecule has 0 saturated heterocycles. The highest BCUT2D eigenvalue weighted by atomic mass is 15.1. The van der Waals surface area contributed by atoms with Crippen molar-refractivity contribution in [3.63, 3.8) is 0 Å².